The van der Waals surface area contributed by atoms with Crippen LogP contribution in [0.4, 0.5) is 18.0 Å². The Bertz CT molecular complexity index is 966. The molecule has 0 saturated heterocycles. The number of carbonyl (C=O) groups is 3. The summed E-state index contributed by atoms with van der Waals surface area (Å²) in [5.41, 5.74) is -0.648. The number of pyridine rings is 1. The molecule has 9 nitrogen and oxygen atoms in total. The highest BCUT2D eigenvalue weighted by molar-refractivity contribution is 5.97. The van der Waals surface area contributed by atoms with Gasteiger partial charge < -0.3 is 10.1 Å². The van der Waals surface area contributed by atoms with Crippen molar-refractivity contribution in [1.82, 2.24) is 25.4 Å². The van der Waals surface area contributed by atoms with Crippen LogP contribution in [-0.2, 0) is 15.7 Å². The van der Waals surface area contributed by atoms with Crippen LogP contribution in [0.15, 0.2) is 24.5 Å². The fraction of sp³-hybridized carbons (Fsp3) is 0.421. The van der Waals surface area contributed by atoms with E-state index in [0.717, 1.165) is 44.0 Å². The lowest BCUT2D eigenvalue weighted by Gasteiger charge is -2.12. The second kappa shape index (κ2) is 9.14. The van der Waals surface area contributed by atoms with Gasteiger partial charge in [-0.2, -0.15) is 18.3 Å². The fourth-order valence-corrected chi connectivity index (χ4v) is 3.18. The first-order chi connectivity index (χ1) is 14.6. The molecule has 166 valence electrons. The molecule has 1 aliphatic rings. The highest BCUT2D eigenvalue weighted by Gasteiger charge is 2.31. The van der Waals surface area contributed by atoms with Gasteiger partial charge in [0.2, 0.25) is 0 Å². The molecule has 31 heavy (non-hydrogen) atoms. The molecule has 2 N–H and O–H groups in total. The lowest BCUT2D eigenvalue weighted by atomic mass is 10.2. The van der Waals surface area contributed by atoms with Crippen LogP contribution in [0.3, 0.4) is 0 Å². The molecule has 3 rings (SSSR count). The first kappa shape index (κ1) is 22.2. The van der Waals surface area contributed by atoms with Crippen molar-refractivity contribution in [3.63, 3.8) is 0 Å². The zero-order valence-corrected chi connectivity index (χ0v) is 16.5. The number of hydrogen-bond donors (Lipinski definition) is 2. The smallest absolute Gasteiger partial charge is 0.417 e. The van der Waals surface area contributed by atoms with E-state index in [0.29, 0.717) is 6.20 Å². The van der Waals surface area contributed by atoms with Crippen molar-refractivity contribution in [3.8, 4) is 5.82 Å². The minimum absolute atomic E-state index is 0.00454. The molecule has 0 atom stereocenters. The maximum absolute atomic E-state index is 12.7. The lowest BCUT2D eigenvalue weighted by Crippen LogP contribution is -2.45. The Morgan fingerprint density at radius 2 is 1.90 bits per heavy atom. The largest absolute Gasteiger partial charge is 0.452 e. The molecular formula is C19H20F3N5O4. The number of imide groups is 1. The molecule has 1 saturated carbocycles. The molecule has 0 aliphatic heterocycles. The van der Waals surface area contributed by atoms with Gasteiger partial charge in [0.15, 0.2) is 12.4 Å². The summed E-state index contributed by atoms with van der Waals surface area (Å²) in [4.78, 5) is 39.5. The molecule has 2 heterocycles. The summed E-state index contributed by atoms with van der Waals surface area (Å²) < 4.78 is 44.1. The van der Waals surface area contributed by atoms with Crippen LogP contribution in [0.2, 0.25) is 0 Å². The van der Waals surface area contributed by atoms with E-state index in [-0.39, 0.29) is 23.1 Å². The van der Waals surface area contributed by atoms with Gasteiger partial charge in [0, 0.05) is 12.2 Å². The third kappa shape index (κ3) is 5.58. The molecular weight excluding hydrogens is 419 g/mol. The van der Waals surface area contributed by atoms with Gasteiger partial charge in [-0.05, 0) is 31.9 Å². The van der Waals surface area contributed by atoms with Gasteiger partial charge in [-0.1, -0.05) is 12.8 Å². The second-order valence-corrected chi connectivity index (χ2v) is 7.04. The number of ether oxygens (including phenoxy) is 1. The van der Waals surface area contributed by atoms with Gasteiger partial charge in [0.25, 0.3) is 5.91 Å². The van der Waals surface area contributed by atoms with Crippen molar-refractivity contribution in [2.24, 2.45) is 0 Å². The van der Waals surface area contributed by atoms with Crippen molar-refractivity contribution in [3.05, 3.63) is 41.3 Å². The Labute approximate surface area is 175 Å². The predicted molar refractivity (Wildman–Crippen MR) is 100 cm³/mol. The number of nitrogens with one attached hydrogen (secondary N) is 2. The summed E-state index contributed by atoms with van der Waals surface area (Å²) in [7, 11) is 0. The third-order valence-corrected chi connectivity index (χ3v) is 4.80. The zero-order valence-electron chi connectivity index (χ0n) is 16.5. The van der Waals surface area contributed by atoms with Gasteiger partial charge in [0.05, 0.1) is 17.5 Å². The fourth-order valence-electron chi connectivity index (χ4n) is 3.18. The van der Waals surface area contributed by atoms with Crippen molar-refractivity contribution in [2.45, 2.75) is 44.8 Å². The summed E-state index contributed by atoms with van der Waals surface area (Å²) in [5.74, 6) is -1.59. The molecule has 2 aromatic rings. The molecule has 0 radical (unpaired) electrons. The standard InChI is InChI=1S/C19H20F3N5O4/c1-11-14(9-24-27(11)15-7-6-12(8-23-15)19(20,21)22)17(29)31-10-16(28)26-18(30)25-13-4-2-3-5-13/h6-9,13H,2-5,10H2,1H3,(H2,25,26,28,30). The Morgan fingerprint density at radius 1 is 1.19 bits per heavy atom. The van der Waals surface area contributed by atoms with Crippen molar-refractivity contribution < 1.29 is 32.3 Å². The van der Waals surface area contributed by atoms with E-state index in [1.807, 2.05) is 0 Å². The van der Waals surface area contributed by atoms with Crippen LogP contribution < -0.4 is 10.6 Å². The van der Waals surface area contributed by atoms with Gasteiger partial charge in [-0.3, -0.25) is 10.1 Å². The molecule has 0 bridgehead atoms. The minimum Gasteiger partial charge on any atom is -0.452 e. The Hall–Kier alpha value is -3.44. The predicted octanol–water partition coefficient (Wildman–Crippen LogP) is 2.52. The molecule has 3 amide bonds. The zero-order chi connectivity index (χ0) is 22.6. The summed E-state index contributed by atoms with van der Waals surface area (Å²) in [6.45, 7) is 0.818. The Kier molecular flexibility index (Phi) is 6.56. The number of hydrogen-bond acceptors (Lipinski definition) is 6. The van der Waals surface area contributed by atoms with Gasteiger partial charge >= 0.3 is 18.2 Å². The number of aromatic nitrogens is 3. The van der Waals surface area contributed by atoms with Crippen LogP contribution in [0.5, 0.6) is 0 Å². The molecule has 0 aromatic carbocycles. The third-order valence-electron chi connectivity index (χ3n) is 4.80. The molecule has 0 unspecified atom stereocenters. The van der Waals surface area contributed by atoms with E-state index in [9.17, 15) is 27.6 Å². The van der Waals surface area contributed by atoms with Crippen molar-refractivity contribution in [2.75, 3.05) is 6.61 Å². The van der Waals surface area contributed by atoms with Crippen LogP contribution in [0, 0.1) is 6.92 Å². The number of rotatable bonds is 5. The van der Waals surface area contributed by atoms with Gasteiger partial charge in [-0.25, -0.2) is 19.3 Å². The molecule has 2 aromatic heterocycles. The van der Waals surface area contributed by atoms with Crippen LogP contribution in [-0.4, -0.2) is 45.3 Å². The Morgan fingerprint density at radius 3 is 2.52 bits per heavy atom. The topological polar surface area (TPSA) is 115 Å². The first-order valence-corrected chi connectivity index (χ1v) is 9.51. The van der Waals surface area contributed by atoms with Gasteiger partial charge in [-0.15, -0.1) is 0 Å². The number of esters is 1. The molecule has 1 aliphatic carbocycles. The average Bonchev–Trinajstić information content (AvgIpc) is 3.35. The van der Waals surface area contributed by atoms with E-state index in [1.54, 1.807) is 0 Å². The monoisotopic (exact) mass is 439 g/mol. The summed E-state index contributed by atoms with van der Waals surface area (Å²) in [5, 5.41) is 8.70. The van der Waals surface area contributed by atoms with E-state index in [4.69, 9.17) is 4.74 Å². The van der Waals surface area contributed by atoms with Gasteiger partial charge in [0.1, 0.15) is 5.56 Å². The normalized spacial score (nSPS) is 14.3. The maximum atomic E-state index is 12.7. The van der Waals surface area contributed by atoms with Crippen LogP contribution in [0.1, 0.15) is 47.3 Å². The highest BCUT2D eigenvalue weighted by Crippen LogP contribution is 2.28. The quantitative estimate of drug-likeness (QED) is 0.692. The average molecular weight is 439 g/mol. The van der Waals surface area contributed by atoms with Crippen LogP contribution in [0.25, 0.3) is 5.82 Å². The van der Waals surface area contributed by atoms with Crippen molar-refractivity contribution >= 4 is 17.9 Å². The number of halogens is 3. The van der Waals surface area contributed by atoms with E-state index < -0.39 is 36.3 Å². The first-order valence-electron chi connectivity index (χ1n) is 9.51. The van der Waals surface area contributed by atoms with E-state index in [2.05, 4.69) is 20.7 Å². The number of nitrogens with zero attached hydrogens (tertiary/aromatic N) is 3. The molecule has 1 fully saturated rings. The number of carbonyl (C=O) groups excluding carboxylic acids is 3. The van der Waals surface area contributed by atoms with E-state index in [1.165, 1.54) is 11.6 Å². The van der Waals surface area contributed by atoms with E-state index >= 15 is 0 Å². The molecule has 0 spiro atoms. The number of urea groups is 1. The van der Waals surface area contributed by atoms with Crippen molar-refractivity contribution in [1.29, 1.82) is 0 Å². The molecule has 12 heteroatoms. The summed E-state index contributed by atoms with van der Waals surface area (Å²) >= 11 is 0. The highest BCUT2D eigenvalue weighted by atomic mass is 19.4. The second-order valence-electron chi connectivity index (χ2n) is 7.04. The summed E-state index contributed by atoms with van der Waals surface area (Å²) in [6.07, 6.45) is 1.05. The maximum Gasteiger partial charge on any atom is 0.417 e. The number of alkyl halides is 3. The Balaban J connectivity index is 1.56. The minimum atomic E-state index is -4.52. The SMILES string of the molecule is Cc1c(C(=O)OCC(=O)NC(=O)NC2CCCC2)cnn1-c1ccc(C(F)(F)F)cn1. The number of amides is 3. The summed E-state index contributed by atoms with van der Waals surface area (Å²) in [6, 6.07) is 1.35. The van der Waals surface area contributed by atoms with Crippen LogP contribution >= 0.6 is 0 Å². The lowest BCUT2D eigenvalue weighted by molar-refractivity contribution is -0.137.